The van der Waals surface area contributed by atoms with Gasteiger partial charge in [-0.05, 0) is 11.5 Å². The van der Waals surface area contributed by atoms with Crippen molar-refractivity contribution < 1.29 is 4.79 Å². The van der Waals surface area contributed by atoms with Crippen LogP contribution in [0.4, 0.5) is 0 Å². The third-order valence-corrected chi connectivity index (χ3v) is 4.54. The first kappa shape index (κ1) is 17.3. The van der Waals surface area contributed by atoms with E-state index in [1.54, 1.807) is 0 Å². The lowest BCUT2D eigenvalue weighted by atomic mass is 10.0. The van der Waals surface area contributed by atoms with Crippen LogP contribution in [0.15, 0.2) is 30.3 Å². The average molecular weight is 315 g/mol. The Morgan fingerprint density at radius 2 is 2.20 bits per heavy atom. The first-order valence-electron chi connectivity index (χ1n) is 6.88. The highest BCUT2D eigenvalue weighted by molar-refractivity contribution is 7.99. The van der Waals surface area contributed by atoms with Gasteiger partial charge in [0.25, 0.3) is 0 Å². The van der Waals surface area contributed by atoms with Gasteiger partial charge in [0, 0.05) is 37.1 Å². The Morgan fingerprint density at radius 1 is 1.45 bits per heavy atom. The summed E-state index contributed by atoms with van der Waals surface area (Å²) in [5.41, 5.74) is 1.27. The van der Waals surface area contributed by atoms with Gasteiger partial charge in [-0.25, -0.2) is 0 Å². The van der Waals surface area contributed by atoms with Crippen molar-refractivity contribution in [2.75, 3.05) is 24.6 Å². The van der Waals surface area contributed by atoms with Crippen LogP contribution in [0.5, 0.6) is 0 Å². The zero-order chi connectivity index (χ0) is 13.5. The molecule has 0 aromatic heterocycles. The fraction of sp³-hybridized carbons (Fsp3) is 0.533. The summed E-state index contributed by atoms with van der Waals surface area (Å²) >= 11 is 1.92. The molecule has 1 aliphatic rings. The number of thioether (sulfide) groups is 1. The molecule has 1 saturated heterocycles. The lowest BCUT2D eigenvalue weighted by Crippen LogP contribution is -2.41. The quantitative estimate of drug-likeness (QED) is 0.877. The van der Waals surface area contributed by atoms with Crippen LogP contribution >= 0.6 is 24.2 Å². The number of hydrogen-bond acceptors (Lipinski definition) is 3. The van der Waals surface area contributed by atoms with E-state index in [0.717, 1.165) is 18.1 Å². The number of nitrogens with one attached hydrogen (secondary N) is 2. The number of hydrogen-bond donors (Lipinski definition) is 2. The average Bonchev–Trinajstić information content (AvgIpc) is 2.47. The Labute approximate surface area is 131 Å². The molecule has 5 heteroatoms. The zero-order valence-corrected chi connectivity index (χ0v) is 13.4. The van der Waals surface area contributed by atoms with Crippen molar-refractivity contribution in [3.05, 3.63) is 35.9 Å². The van der Waals surface area contributed by atoms with E-state index >= 15 is 0 Å². The summed E-state index contributed by atoms with van der Waals surface area (Å²) in [7, 11) is 0. The number of amides is 1. The first-order valence-corrected chi connectivity index (χ1v) is 8.04. The van der Waals surface area contributed by atoms with Crippen LogP contribution in [-0.2, 0) is 4.79 Å². The third-order valence-electron chi connectivity index (χ3n) is 3.40. The molecule has 2 rings (SSSR count). The molecule has 0 saturated carbocycles. The molecule has 0 spiro atoms. The second-order valence-corrected chi connectivity index (χ2v) is 6.20. The molecule has 2 atom stereocenters. The minimum atomic E-state index is 0. The normalized spacial score (nSPS) is 19.8. The smallest absolute Gasteiger partial charge is 0.221 e. The summed E-state index contributed by atoms with van der Waals surface area (Å²) in [4.78, 5) is 11.9. The lowest BCUT2D eigenvalue weighted by molar-refractivity contribution is -0.121. The van der Waals surface area contributed by atoms with Gasteiger partial charge in [-0.15, -0.1) is 12.4 Å². The van der Waals surface area contributed by atoms with Crippen LogP contribution < -0.4 is 10.6 Å². The largest absolute Gasteiger partial charge is 0.355 e. The number of rotatable bonds is 5. The third kappa shape index (κ3) is 5.73. The molecule has 1 aromatic carbocycles. The van der Waals surface area contributed by atoms with Gasteiger partial charge in [-0.1, -0.05) is 37.3 Å². The molecule has 2 unspecified atom stereocenters. The van der Waals surface area contributed by atoms with Crippen LogP contribution in [0.1, 0.15) is 24.8 Å². The molecule has 0 aliphatic carbocycles. The minimum Gasteiger partial charge on any atom is -0.355 e. The number of carbonyl (C=O) groups is 1. The molecule has 0 bridgehead atoms. The van der Waals surface area contributed by atoms with E-state index in [9.17, 15) is 4.79 Å². The minimum absolute atomic E-state index is 0. The summed E-state index contributed by atoms with van der Waals surface area (Å²) in [6.07, 6.45) is 0.592. The van der Waals surface area contributed by atoms with Crippen molar-refractivity contribution in [1.82, 2.24) is 10.6 Å². The van der Waals surface area contributed by atoms with Gasteiger partial charge >= 0.3 is 0 Å². The summed E-state index contributed by atoms with van der Waals surface area (Å²) in [6, 6.07) is 10.6. The predicted octanol–water partition coefficient (Wildman–Crippen LogP) is 2.42. The molecule has 1 aliphatic heterocycles. The standard InChI is InChI=1S/C15H22N2OS.ClH/c1-12(13-5-3-2-4-6-13)10-17-15(18)9-14-11-19-8-7-16-14;/h2-6,12,14,16H,7-11H2,1H3,(H,17,18);1H. The van der Waals surface area contributed by atoms with E-state index in [1.807, 2.05) is 30.0 Å². The number of benzene rings is 1. The van der Waals surface area contributed by atoms with E-state index < -0.39 is 0 Å². The maximum absolute atomic E-state index is 11.9. The predicted molar refractivity (Wildman–Crippen MR) is 88.8 cm³/mol. The van der Waals surface area contributed by atoms with Gasteiger partial charge in [-0.2, -0.15) is 11.8 Å². The molecular formula is C15H23ClN2OS. The summed E-state index contributed by atoms with van der Waals surface area (Å²) in [5.74, 6) is 2.71. The highest BCUT2D eigenvalue weighted by atomic mass is 35.5. The van der Waals surface area contributed by atoms with Crippen LogP contribution in [-0.4, -0.2) is 36.5 Å². The second-order valence-electron chi connectivity index (χ2n) is 5.05. The molecule has 1 aromatic rings. The fourth-order valence-electron chi connectivity index (χ4n) is 2.21. The van der Waals surface area contributed by atoms with Crippen molar-refractivity contribution in [1.29, 1.82) is 0 Å². The van der Waals surface area contributed by atoms with Gasteiger partial charge in [0.15, 0.2) is 0 Å². The Bertz CT molecular complexity index is 396. The van der Waals surface area contributed by atoms with Crippen molar-refractivity contribution in [3.8, 4) is 0 Å². The topological polar surface area (TPSA) is 41.1 Å². The Kier molecular flexibility index (Phi) is 8.04. The summed E-state index contributed by atoms with van der Waals surface area (Å²) in [6.45, 7) is 3.87. The summed E-state index contributed by atoms with van der Waals surface area (Å²) in [5, 5.41) is 6.43. The SMILES string of the molecule is CC(CNC(=O)CC1CSCCN1)c1ccccc1.Cl. The molecule has 3 nitrogen and oxygen atoms in total. The second kappa shape index (κ2) is 9.27. The molecule has 0 radical (unpaired) electrons. The Morgan fingerprint density at radius 3 is 2.85 bits per heavy atom. The maximum Gasteiger partial charge on any atom is 0.221 e. The van der Waals surface area contributed by atoms with Crippen LogP contribution in [0.3, 0.4) is 0 Å². The van der Waals surface area contributed by atoms with E-state index in [1.165, 1.54) is 5.56 Å². The fourth-order valence-corrected chi connectivity index (χ4v) is 3.16. The van der Waals surface area contributed by atoms with Crippen LogP contribution in [0, 0.1) is 0 Å². The van der Waals surface area contributed by atoms with Crippen molar-refractivity contribution in [3.63, 3.8) is 0 Å². The highest BCUT2D eigenvalue weighted by Crippen LogP contribution is 2.13. The highest BCUT2D eigenvalue weighted by Gasteiger charge is 2.17. The lowest BCUT2D eigenvalue weighted by Gasteiger charge is -2.23. The van der Waals surface area contributed by atoms with E-state index in [0.29, 0.717) is 24.9 Å². The Hall–Kier alpha value is -0.710. The number of halogens is 1. The molecule has 1 heterocycles. The van der Waals surface area contributed by atoms with Crippen LogP contribution in [0.2, 0.25) is 0 Å². The van der Waals surface area contributed by atoms with E-state index in [2.05, 4.69) is 29.7 Å². The first-order chi connectivity index (χ1) is 9.25. The zero-order valence-electron chi connectivity index (χ0n) is 11.8. The van der Waals surface area contributed by atoms with Crippen molar-refractivity contribution >= 4 is 30.1 Å². The van der Waals surface area contributed by atoms with Crippen LogP contribution in [0.25, 0.3) is 0 Å². The molecule has 112 valence electrons. The van der Waals surface area contributed by atoms with Gasteiger partial charge in [0.05, 0.1) is 0 Å². The molecular weight excluding hydrogens is 292 g/mol. The molecule has 1 amide bonds. The van der Waals surface area contributed by atoms with Gasteiger partial charge in [-0.3, -0.25) is 4.79 Å². The molecule has 20 heavy (non-hydrogen) atoms. The maximum atomic E-state index is 11.9. The number of carbonyl (C=O) groups excluding carboxylic acids is 1. The summed E-state index contributed by atoms with van der Waals surface area (Å²) < 4.78 is 0. The monoisotopic (exact) mass is 314 g/mol. The Balaban J connectivity index is 0.00000200. The molecule has 2 N–H and O–H groups in total. The van der Waals surface area contributed by atoms with Gasteiger partial charge in [0.2, 0.25) is 5.91 Å². The van der Waals surface area contributed by atoms with E-state index in [4.69, 9.17) is 0 Å². The van der Waals surface area contributed by atoms with Gasteiger partial charge < -0.3 is 10.6 Å². The molecule has 1 fully saturated rings. The van der Waals surface area contributed by atoms with Gasteiger partial charge in [0.1, 0.15) is 0 Å². The van der Waals surface area contributed by atoms with Crippen molar-refractivity contribution in [2.24, 2.45) is 0 Å². The van der Waals surface area contributed by atoms with Crippen molar-refractivity contribution in [2.45, 2.75) is 25.3 Å². The van der Waals surface area contributed by atoms with E-state index in [-0.39, 0.29) is 18.3 Å².